The van der Waals surface area contributed by atoms with Crippen molar-refractivity contribution in [2.45, 2.75) is 19.4 Å². The largest absolute Gasteiger partial charge is 0.497 e. The Morgan fingerprint density at radius 3 is 2.41 bits per heavy atom. The summed E-state index contributed by atoms with van der Waals surface area (Å²) in [5.41, 5.74) is 2.20. The van der Waals surface area contributed by atoms with Gasteiger partial charge in [0.2, 0.25) is 0 Å². The van der Waals surface area contributed by atoms with E-state index in [1.165, 1.54) is 0 Å². The third-order valence-corrected chi connectivity index (χ3v) is 8.00. The Hall–Kier alpha value is -5.09. The molecule has 0 saturated carbocycles. The number of rotatable bonds is 11. The molecular formula is C36H40N4O6. The summed E-state index contributed by atoms with van der Waals surface area (Å²) in [5.74, 6) is 1.40. The van der Waals surface area contributed by atoms with E-state index in [2.05, 4.69) is 16.8 Å². The molecule has 0 aliphatic carbocycles. The van der Waals surface area contributed by atoms with Gasteiger partial charge in [-0.1, -0.05) is 36.4 Å². The lowest BCUT2D eigenvalue weighted by atomic mass is 9.94. The number of nitrogens with one attached hydrogen (secondary N) is 1. The van der Waals surface area contributed by atoms with Gasteiger partial charge >= 0.3 is 12.0 Å². The van der Waals surface area contributed by atoms with Crippen LogP contribution in [0.1, 0.15) is 35.3 Å². The molecule has 3 amide bonds. The number of methoxy groups -OCH3 is 1. The van der Waals surface area contributed by atoms with E-state index in [1.807, 2.05) is 59.5 Å². The third kappa shape index (κ3) is 7.58. The molecule has 1 fully saturated rings. The van der Waals surface area contributed by atoms with Gasteiger partial charge in [-0.2, -0.15) is 0 Å². The summed E-state index contributed by atoms with van der Waals surface area (Å²) in [6.45, 7) is 8.66. The Kier molecular flexibility index (Phi) is 10.7. The molecule has 1 atom stereocenters. The normalized spacial score (nSPS) is 17.2. The summed E-state index contributed by atoms with van der Waals surface area (Å²) >= 11 is 0. The summed E-state index contributed by atoms with van der Waals surface area (Å²) in [6.07, 6.45) is 2.37. The van der Waals surface area contributed by atoms with Crippen LogP contribution in [0.15, 0.2) is 103 Å². The molecule has 0 spiro atoms. The third-order valence-electron chi connectivity index (χ3n) is 8.00. The minimum Gasteiger partial charge on any atom is -0.497 e. The lowest BCUT2D eigenvalue weighted by Gasteiger charge is -2.38. The van der Waals surface area contributed by atoms with Gasteiger partial charge in [-0.15, -0.1) is 6.58 Å². The molecule has 0 bridgehead atoms. The molecule has 2 heterocycles. The first-order chi connectivity index (χ1) is 22.4. The van der Waals surface area contributed by atoms with Crippen LogP contribution in [0, 0.1) is 0 Å². The highest BCUT2D eigenvalue weighted by Gasteiger charge is 2.39. The lowest BCUT2D eigenvalue weighted by molar-refractivity contribution is -0.139. The molecule has 10 heteroatoms. The number of ether oxygens (including phenoxy) is 3. The quantitative estimate of drug-likeness (QED) is 0.225. The molecule has 0 aromatic heterocycles. The first-order valence-electron chi connectivity index (χ1n) is 15.5. The predicted molar refractivity (Wildman–Crippen MR) is 175 cm³/mol. The van der Waals surface area contributed by atoms with Crippen LogP contribution in [0.5, 0.6) is 17.2 Å². The van der Waals surface area contributed by atoms with E-state index in [1.54, 1.807) is 49.3 Å². The first kappa shape index (κ1) is 32.3. The summed E-state index contributed by atoms with van der Waals surface area (Å²) in [5, 5.41) is 3.02. The number of urea groups is 1. The number of carbonyl (C=O) groups excluding carboxylic acids is 3. The fourth-order valence-electron chi connectivity index (χ4n) is 5.74. The van der Waals surface area contributed by atoms with E-state index in [0.717, 1.165) is 6.42 Å². The number of nitrogens with zero attached hydrogens (tertiary/aromatic N) is 3. The Bertz CT molecular complexity index is 1570. The average molecular weight is 625 g/mol. The molecule has 3 aromatic carbocycles. The number of hydrogen-bond donors (Lipinski definition) is 1. The van der Waals surface area contributed by atoms with E-state index >= 15 is 0 Å². The standard InChI is InChI=1S/C36H40N4O6/c1-4-19-40-31(25-38-20-10-21-39(23-22-38)34(41)26-15-17-28(44-3)18-16-26)32(35(42)45-5-2)33(37-36(40)43)27-11-9-14-30(24-27)46-29-12-7-6-8-13-29/h4,6-9,11-18,24,33H,1,5,10,19-23,25H2,2-3H3,(H,37,43). The number of para-hydroxylation sites is 1. The Balaban J connectivity index is 1.43. The van der Waals surface area contributed by atoms with Crippen molar-refractivity contribution >= 4 is 17.9 Å². The fraction of sp³-hybridized carbons (Fsp3) is 0.306. The molecule has 46 heavy (non-hydrogen) atoms. The van der Waals surface area contributed by atoms with Crippen molar-refractivity contribution in [3.05, 3.63) is 114 Å². The van der Waals surface area contributed by atoms with Gasteiger partial charge in [-0.25, -0.2) is 9.59 Å². The van der Waals surface area contributed by atoms with Crippen LogP contribution >= 0.6 is 0 Å². The van der Waals surface area contributed by atoms with Crippen molar-refractivity contribution in [3.8, 4) is 17.2 Å². The van der Waals surface area contributed by atoms with Crippen LogP contribution in [-0.2, 0) is 9.53 Å². The summed E-state index contributed by atoms with van der Waals surface area (Å²) in [4.78, 5) is 46.2. The molecule has 1 N–H and O–H groups in total. The van der Waals surface area contributed by atoms with Crippen LogP contribution in [0.3, 0.4) is 0 Å². The molecule has 1 saturated heterocycles. The predicted octanol–water partition coefficient (Wildman–Crippen LogP) is 5.41. The van der Waals surface area contributed by atoms with Crippen LogP contribution in [-0.4, -0.2) is 85.6 Å². The van der Waals surface area contributed by atoms with Gasteiger partial charge in [-0.3, -0.25) is 14.6 Å². The zero-order valence-electron chi connectivity index (χ0n) is 26.3. The Morgan fingerprint density at radius 2 is 1.70 bits per heavy atom. The maximum Gasteiger partial charge on any atom is 0.338 e. The number of esters is 1. The van der Waals surface area contributed by atoms with Crippen LogP contribution in [0.25, 0.3) is 0 Å². The second-order valence-corrected chi connectivity index (χ2v) is 11.0. The summed E-state index contributed by atoms with van der Waals surface area (Å²) in [7, 11) is 1.59. The molecule has 5 rings (SSSR count). The number of carbonyl (C=O) groups is 3. The average Bonchev–Trinajstić information content (AvgIpc) is 3.32. The SMILES string of the molecule is C=CCN1C(=O)NC(c2cccc(Oc3ccccc3)c2)C(C(=O)OCC)=C1CN1CCCN(C(=O)c2ccc(OC)cc2)CC1. The summed E-state index contributed by atoms with van der Waals surface area (Å²) < 4.78 is 16.9. The molecular weight excluding hydrogens is 584 g/mol. The minimum absolute atomic E-state index is 0.0427. The van der Waals surface area contributed by atoms with Crippen LogP contribution in [0.2, 0.25) is 0 Å². The minimum atomic E-state index is -0.762. The number of benzene rings is 3. The van der Waals surface area contributed by atoms with Crippen LogP contribution < -0.4 is 14.8 Å². The Labute approximate surface area is 269 Å². The van der Waals surface area contributed by atoms with Crippen molar-refractivity contribution in [1.82, 2.24) is 20.0 Å². The maximum absolute atomic E-state index is 13.7. The monoisotopic (exact) mass is 624 g/mol. The molecule has 2 aliphatic heterocycles. The molecule has 0 radical (unpaired) electrons. The number of hydrogen-bond acceptors (Lipinski definition) is 7. The van der Waals surface area contributed by atoms with Crippen molar-refractivity contribution < 1.29 is 28.6 Å². The van der Waals surface area contributed by atoms with Gasteiger partial charge in [0.15, 0.2) is 0 Å². The Morgan fingerprint density at radius 1 is 0.935 bits per heavy atom. The van der Waals surface area contributed by atoms with Crippen molar-refractivity contribution in [2.24, 2.45) is 0 Å². The maximum atomic E-state index is 13.7. The first-order valence-corrected chi connectivity index (χ1v) is 15.5. The van der Waals surface area contributed by atoms with E-state index in [0.29, 0.717) is 72.4 Å². The van der Waals surface area contributed by atoms with Gasteiger partial charge in [0.05, 0.1) is 25.3 Å². The van der Waals surface area contributed by atoms with Gasteiger partial charge in [0.1, 0.15) is 17.2 Å². The molecule has 240 valence electrons. The molecule has 2 aliphatic rings. The van der Waals surface area contributed by atoms with Gasteiger partial charge in [-0.05, 0) is 67.4 Å². The van der Waals surface area contributed by atoms with Crippen molar-refractivity contribution in [2.75, 3.05) is 53.0 Å². The second-order valence-electron chi connectivity index (χ2n) is 11.0. The van der Waals surface area contributed by atoms with Gasteiger partial charge in [0.25, 0.3) is 5.91 Å². The summed E-state index contributed by atoms with van der Waals surface area (Å²) in [6, 6.07) is 22.8. The zero-order chi connectivity index (χ0) is 32.5. The molecule has 10 nitrogen and oxygen atoms in total. The molecule has 3 aromatic rings. The van der Waals surface area contributed by atoms with Crippen molar-refractivity contribution in [3.63, 3.8) is 0 Å². The van der Waals surface area contributed by atoms with Gasteiger partial charge in [0, 0.05) is 50.5 Å². The van der Waals surface area contributed by atoms with Crippen molar-refractivity contribution in [1.29, 1.82) is 0 Å². The fourth-order valence-corrected chi connectivity index (χ4v) is 5.74. The van der Waals surface area contributed by atoms with E-state index < -0.39 is 12.0 Å². The number of amides is 3. The zero-order valence-corrected chi connectivity index (χ0v) is 26.3. The smallest absolute Gasteiger partial charge is 0.338 e. The second kappa shape index (κ2) is 15.3. The highest BCUT2D eigenvalue weighted by Crippen LogP contribution is 2.34. The highest BCUT2D eigenvalue weighted by molar-refractivity contribution is 5.95. The topological polar surface area (TPSA) is 101 Å². The molecule has 1 unspecified atom stereocenters. The lowest BCUT2D eigenvalue weighted by Crippen LogP contribution is -2.51. The van der Waals surface area contributed by atoms with E-state index in [9.17, 15) is 14.4 Å². The highest BCUT2D eigenvalue weighted by atomic mass is 16.5. The van der Waals surface area contributed by atoms with E-state index in [4.69, 9.17) is 14.2 Å². The van der Waals surface area contributed by atoms with Crippen LogP contribution in [0.4, 0.5) is 4.79 Å². The van der Waals surface area contributed by atoms with Gasteiger partial charge < -0.3 is 24.4 Å². The van der Waals surface area contributed by atoms with E-state index in [-0.39, 0.29) is 25.1 Å².